The summed E-state index contributed by atoms with van der Waals surface area (Å²) >= 11 is 13.5. The van der Waals surface area contributed by atoms with Gasteiger partial charge in [-0.15, -0.1) is 0 Å². The molecule has 0 heterocycles. The molecule has 6 heteroatoms. The summed E-state index contributed by atoms with van der Waals surface area (Å²) in [6.07, 6.45) is -1.59. The van der Waals surface area contributed by atoms with Crippen LogP contribution in [0.25, 0.3) is 0 Å². The summed E-state index contributed by atoms with van der Waals surface area (Å²) in [5.41, 5.74) is 4.42. The second kappa shape index (κ2) is 9.12. The molecule has 4 aromatic rings. The van der Waals surface area contributed by atoms with Crippen molar-refractivity contribution in [1.29, 1.82) is 0 Å². The number of halogens is 2. The van der Waals surface area contributed by atoms with E-state index in [1.165, 1.54) is 0 Å². The Morgan fingerprint density at radius 2 is 0.944 bits per heavy atom. The molecule has 4 aromatic carbocycles. The van der Waals surface area contributed by atoms with Gasteiger partial charge in [-0.1, -0.05) is 83.9 Å². The summed E-state index contributed by atoms with van der Waals surface area (Å²) in [5, 5.41) is 1.11. The van der Waals surface area contributed by atoms with Crippen molar-refractivity contribution < 1.29 is 19.1 Å². The summed E-state index contributed by atoms with van der Waals surface area (Å²) in [4.78, 5) is 26.5. The molecule has 3 aliphatic rings. The SMILES string of the molecule is O=C(OC1C(OC(=O)c2ccccc2)[C@H]2c3c(Cl)cccc3[C@H]1c1cccc(Cl)c12)c1ccccc1. The average Bonchev–Trinajstić information content (AvgIpc) is 2.91. The molecule has 0 radical (unpaired) electrons. The molecule has 36 heavy (non-hydrogen) atoms. The molecule has 0 aromatic heterocycles. The monoisotopic (exact) mass is 514 g/mol. The quantitative estimate of drug-likeness (QED) is 0.274. The number of hydrogen-bond acceptors (Lipinski definition) is 4. The molecule has 3 aliphatic carbocycles. The summed E-state index contributed by atoms with van der Waals surface area (Å²) < 4.78 is 12.3. The Balaban J connectivity index is 1.51. The van der Waals surface area contributed by atoms with Crippen LogP contribution in [0.4, 0.5) is 0 Å². The van der Waals surface area contributed by atoms with Gasteiger partial charge in [-0.05, 0) is 58.7 Å². The maximum absolute atomic E-state index is 13.3. The van der Waals surface area contributed by atoms with E-state index in [0.29, 0.717) is 21.2 Å². The number of rotatable bonds is 4. The number of ether oxygens (including phenoxy) is 2. The number of carbonyl (C=O) groups is 2. The molecule has 0 spiro atoms. The van der Waals surface area contributed by atoms with Crippen LogP contribution < -0.4 is 0 Å². The van der Waals surface area contributed by atoms with Crippen LogP contribution in [0.3, 0.4) is 0 Å². The van der Waals surface area contributed by atoms with Gasteiger partial charge in [0.05, 0.1) is 23.0 Å². The van der Waals surface area contributed by atoms with Gasteiger partial charge < -0.3 is 9.47 Å². The van der Waals surface area contributed by atoms with Crippen molar-refractivity contribution in [2.24, 2.45) is 0 Å². The largest absolute Gasteiger partial charge is 0.454 e. The minimum atomic E-state index is -0.824. The first-order valence-electron chi connectivity index (χ1n) is 11.6. The van der Waals surface area contributed by atoms with Gasteiger partial charge >= 0.3 is 11.9 Å². The van der Waals surface area contributed by atoms with Gasteiger partial charge in [0.2, 0.25) is 0 Å². The molecule has 0 amide bonds. The maximum Gasteiger partial charge on any atom is 0.338 e. The fourth-order valence-corrected chi connectivity index (χ4v) is 6.08. The van der Waals surface area contributed by atoms with E-state index in [1.54, 1.807) is 48.5 Å². The Hall–Kier alpha value is -3.60. The van der Waals surface area contributed by atoms with E-state index in [2.05, 4.69) is 0 Å². The highest BCUT2D eigenvalue weighted by Crippen LogP contribution is 2.58. The van der Waals surface area contributed by atoms with E-state index in [0.717, 1.165) is 22.3 Å². The Kier molecular flexibility index (Phi) is 5.79. The molecule has 0 N–H and O–H groups in total. The summed E-state index contributed by atoms with van der Waals surface area (Å²) in [7, 11) is 0. The molecule has 0 aliphatic heterocycles. The smallest absolute Gasteiger partial charge is 0.338 e. The Bertz CT molecular complexity index is 1420. The van der Waals surface area contributed by atoms with Crippen molar-refractivity contribution in [2.45, 2.75) is 24.0 Å². The molecular weight excluding hydrogens is 495 g/mol. The first-order valence-corrected chi connectivity index (χ1v) is 12.4. The summed E-state index contributed by atoms with van der Waals surface area (Å²) in [6.45, 7) is 0. The summed E-state index contributed by atoms with van der Waals surface area (Å²) in [5.74, 6) is -1.89. The minimum Gasteiger partial charge on any atom is -0.454 e. The molecular formula is C30H20Cl2O4. The first kappa shape index (κ1) is 22.8. The predicted octanol–water partition coefficient (Wildman–Crippen LogP) is 7.04. The van der Waals surface area contributed by atoms with Gasteiger partial charge in [0.15, 0.2) is 12.2 Å². The van der Waals surface area contributed by atoms with Crippen LogP contribution >= 0.6 is 23.2 Å². The van der Waals surface area contributed by atoms with Crippen LogP contribution in [0.2, 0.25) is 10.0 Å². The normalized spacial score (nSPS) is 21.3. The van der Waals surface area contributed by atoms with Crippen molar-refractivity contribution in [2.75, 3.05) is 0 Å². The highest BCUT2D eigenvalue weighted by molar-refractivity contribution is 6.32. The third-order valence-corrected chi connectivity index (χ3v) is 7.61. The van der Waals surface area contributed by atoms with E-state index in [1.807, 2.05) is 48.5 Å². The lowest BCUT2D eigenvalue weighted by molar-refractivity contribution is -0.0557. The van der Waals surface area contributed by atoms with Crippen molar-refractivity contribution in [1.82, 2.24) is 0 Å². The zero-order chi connectivity index (χ0) is 24.8. The second-order valence-electron chi connectivity index (χ2n) is 8.91. The standard InChI is InChI=1S/C30H20Cl2O4/c31-21-15-7-13-19-23-20-14-8-16-22(32)25(20)26(24(19)21)28(36-30(34)18-11-5-2-6-12-18)27(23)35-29(33)17-9-3-1-4-10-17/h1-16,23,26-28H/t23-,26-,27?,28?. The van der Waals surface area contributed by atoms with Gasteiger partial charge in [-0.25, -0.2) is 9.59 Å². The average molecular weight is 515 g/mol. The van der Waals surface area contributed by atoms with E-state index in [4.69, 9.17) is 32.7 Å². The minimum absolute atomic E-state index is 0.404. The highest BCUT2D eigenvalue weighted by atomic mass is 35.5. The van der Waals surface area contributed by atoms with Crippen molar-refractivity contribution in [3.63, 3.8) is 0 Å². The molecule has 7 rings (SSSR count). The second-order valence-corrected chi connectivity index (χ2v) is 9.73. The fourth-order valence-electron chi connectivity index (χ4n) is 5.48. The van der Waals surface area contributed by atoms with E-state index in [9.17, 15) is 9.59 Å². The molecule has 2 unspecified atom stereocenters. The third kappa shape index (κ3) is 3.69. The fraction of sp³-hybridized carbons (Fsp3) is 0.133. The molecule has 0 fully saturated rings. The van der Waals surface area contributed by atoms with Gasteiger partial charge in [0.25, 0.3) is 0 Å². The number of carbonyl (C=O) groups excluding carboxylic acids is 2. The predicted molar refractivity (Wildman–Crippen MR) is 138 cm³/mol. The van der Waals surface area contributed by atoms with E-state index >= 15 is 0 Å². The molecule has 2 bridgehead atoms. The number of hydrogen-bond donors (Lipinski definition) is 0. The van der Waals surface area contributed by atoms with Crippen LogP contribution in [0.5, 0.6) is 0 Å². The van der Waals surface area contributed by atoms with E-state index in [-0.39, 0.29) is 0 Å². The third-order valence-electron chi connectivity index (χ3n) is 6.95. The lowest BCUT2D eigenvalue weighted by Crippen LogP contribution is -2.51. The van der Waals surface area contributed by atoms with Crippen LogP contribution in [0.15, 0.2) is 97.1 Å². The summed E-state index contributed by atoms with van der Waals surface area (Å²) in [6, 6.07) is 28.9. The number of fused-ring (bicyclic) bond motifs is 1. The highest BCUT2D eigenvalue weighted by Gasteiger charge is 2.55. The maximum atomic E-state index is 13.3. The number of esters is 2. The lowest BCUT2D eigenvalue weighted by Gasteiger charge is -2.49. The van der Waals surface area contributed by atoms with Crippen LogP contribution in [-0.4, -0.2) is 24.1 Å². The zero-order valence-corrected chi connectivity index (χ0v) is 20.4. The van der Waals surface area contributed by atoms with Gasteiger partial charge in [-0.2, -0.15) is 0 Å². The van der Waals surface area contributed by atoms with Crippen LogP contribution in [0.1, 0.15) is 54.8 Å². The Labute approximate surface area is 218 Å². The van der Waals surface area contributed by atoms with Crippen LogP contribution in [0, 0.1) is 0 Å². The van der Waals surface area contributed by atoms with Gasteiger partial charge in [0.1, 0.15) is 0 Å². The van der Waals surface area contributed by atoms with Gasteiger partial charge in [-0.3, -0.25) is 0 Å². The molecule has 0 saturated heterocycles. The number of benzene rings is 4. The first-order chi connectivity index (χ1) is 17.5. The Morgan fingerprint density at radius 1 is 0.528 bits per heavy atom. The van der Waals surface area contributed by atoms with Gasteiger partial charge in [0, 0.05) is 10.0 Å². The topological polar surface area (TPSA) is 52.6 Å². The van der Waals surface area contributed by atoms with Crippen molar-refractivity contribution >= 4 is 35.1 Å². The lowest BCUT2D eigenvalue weighted by atomic mass is 9.61. The molecule has 2 atom stereocenters. The zero-order valence-electron chi connectivity index (χ0n) is 18.9. The Morgan fingerprint density at radius 3 is 1.39 bits per heavy atom. The van der Waals surface area contributed by atoms with E-state index < -0.39 is 36.0 Å². The van der Waals surface area contributed by atoms with Crippen molar-refractivity contribution in [3.05, 3.63) is 140 Å². The molecule has 4 nitrogen and oxygen atoms in total. The molecule has 0 saturated carbocycles. The molecule has 178 valence electrons. The van der Waals surface area contributed by atoms with Crippen LogP contribution in [-0.2, 0) is 9.47 Å². The van der Waals surface area contributed by atoms with Crippen molar-refractivity contribution in [3.8, 4) is 0 Å².